The summed E-state index contributed by atoms with van der Waals surface area (Å²) in [5.74, 6) is 0.181. The molecule has 1 aliphatic rings. The van der Waals surface area contributed by atoms with Gasteiger partial charge in [0.1, 0.15) is 17.1 Å². The van der Waals surface area contributed by atoms with E-state index in [0.29, 0.717) is 17.9 Å². The quantitative estimate of drug-likeness (QED) is 0.828. The first kappa shape index (κ1) is 19.1. The van der Waals surface area contributed by atoms with Crippen molar-refractivity contribution in [2.75, 3.05) is 19.0 Å². The van der Waals surface area contributed by atoms with Crippen LogP contribution in [0.15, 0.2) is 30.5 Å². The van der Waals surface area contributed by atoms with Crippen LogP contribution in [0.4, 0.5) is 19.0 Å². The molecule has 0 radical (unpaired) electrons. The average Bonchev–Trinajstić information content (AvgIpc) is 3.08. The monoisotopic (exact) mass is 382 g/mol. The fraction of sp³-hybridized carbons (Fsp3) is 0.444. The molecule has 0 bridgehead atoms. The highest BCUT2D eigenvalue weighted by atomic mass is 19.4. The lowest BCUT2D eigenvalue weighted by molar-refractivity contribution is -0.173. The number of aromatic nitrogens is 2. The lowest BCUT2D eigenvalue weighted by Crippen LogP contribution is -2.36. The van der Waals surface area contributed by atoms with Crippen molar-refractivity contribution in [3.8, 4) is 5.75 Å². The van der Waals surface area contributed by atoms with Gasteiger partial charge < -0.3 is 15.4 Å². The van der Waals surface area contributed by atoms with Crippen molar-refractivity contribution in [3.63, 3.8) is 0 Å². The highest BCUT2D eigenvalue weighted by molar-refractivity contribution is 5.98. The third kappa shape index (κ3) is 3.86. The molecule has 0 fully saturated rings. The molecular weight excluding hydrogens is 361 g/mol. The number of ether oxygens (including phenoxy) is 1. The predicted molar refractivity (Wildman–Crippen MR) is 93.9 cm³/mol. The number of carbonyl (C=O) groups excluding carboxylic acids is 1. The van der Waals surface area contributed by atoms with E-state index < -0.39 is 24.2 Å². The van der Waals surface area contributed by atoms with E-state index >= 15 is 0 Å². The van der Waals surface area contributed by atoms with Gasteiger partial charge in [-0.1, -0.05) is 19.1 Å². The molecule has 1 aromatic carbocycles. The van der Waals surface area contributed by atoms with Gasteiger partial charge in [0.25, 0.3) is 5.91 Å². The molecule has 27 heavy (non-hydrogen) atoms. The highest BCUT2D eigenvalue weighted by Gasteiger charge is 2.47. The number of nitrogens with zero attached hydrogens (tertiary/aromatic N) is 2. The van der Waals surface area contributed by atoms with Gasteiger partial charge >= 0.3 is 6.18 Å². The van der Waals surface area contributed by atoms with Crippen LogP contribution >= 0.6 is 0 Å². The Labute approximate surface area is 154 Å². The van der Waals surface area contributed by atoms with Crippen LogP contribution in [0.1, 0.15) is 47.8 Å². The number of rotatable bonds is 5. The van der Waals surface area contributed by atoms with Crippen molar-refractivity contribution in [1.29, 1.82) is 0 Å². The Bertz CT molecular complexity index is 819. The van der Waals surface area contributed by atoms with E-state index in [0.717, 1.165) is 11.1 Å². The number of benzene rings is 1. The first-order valence-corrected chi connectivity index (χ1v) is 8.68. The highest BCUT2D eigenvalue weighted by Crippen LogP contribution is 2.44. The molecule has 2 atom stereocenters. The average molecular weight is 382 g/mol. The van der Waals surface area contributed by atoms with Gasteiger partial charge in [0, 0.05) is 13.0 Å². The van der Waals surface area contributed by atoms with Crippen molar-refractivity contribution in [3.05, 3.63) is 41.6 Å². The van der Waals surface area contributed by atoms with Crippen LogP contribution in [0.2, 0.25) is 0 Å². The molecule has 2 aromatic rings. The Morgan fingerprint density at radius 1 is 1.44 bits per heavy atom. The Morgan fingerprint density at radius 3 is 2.89 bits per heavy atom. The molecule has 3 rings (SSSR count). The van der Waals surface area contributed by atoms with Crippen molar-refractivity contribution in [2.24, 2.45) is 0 Å². The molecule has 2 unspecified atom stereocenters. The maximum Gasteiger partial charge on any atom is 0.410 e. The zero-order valence-electron chi connectivity index (χ0n) is 15.0. The van der Waals surface area contributed by atoms with E-state index in [2.05, 4.69) is 15.7 Å². The smallest absolute Gasteiger partial charge is 0.410 e. The summed E-state index contributed by atoms with van der Waals surface area (Å²) in [6.07, 6.45) is -2.82. The molecule has 9 heteroatoms. The van der Waals surface area contributed by atoms with Crippen LogP contribution in [-0.2, 0) is 0 Å². The second kappa shape index (κ2) is 7.50. The molecule has 1 aromatic heterocycles. The maximum absolute atomic E-state index is 13.7. The fourth-order valence-corrected chi connectivity index (χ4v) is 3.14. The number of methoxy groups -OCH3 is 1. The van der Waals surface area contributed by atoms with Gasteiger partial charge in [0.05, 0.1) is 19.3 Å². The number of nitrogens with one attached hydrogen (secondary N) is 2. The number of hydrogen-bond acceptors (Lipinski definition) is 4. The van der Waals surface area contributed by atoms with E-state index in [-0.39, 0.29) is 17.8 Å². The first-order valence-electron chi connectivity index (χ1n) is 8.68. The Morgan fingerprint density at radius 2 is 2.22 bits per heavy atom. The number of carbonyl (C=O) groups is 1. The predicted octanol–water partition coefficient (Wildman–Crippen LogP) is 3.69. The fourth-order valence-electron chi connectivity index (χ4n) is 3.14. The van der Waals surface area contributed by atoms with Gasteiger partial charge in [-0.05, 0) is 24.1 Å². The second-order valence-corrected chi connectivity index (χ2v) is 6.37. The zero-order chi connectivity index (χ0) is 19.6. The standard InChI is InChI=1S/C18H21F3N4O2/c1-3-7-22-17(26)13-10-23-25-15(18(19,20)21)9-14(24-16(13)25)11-5-4-6-12(8-11)27-2/h4-6,8,10,14-15,24H,3,7,9H2,1-2H3,(H,22,26). The third-order valence-electron chi connectivity index (χ3n) is 4.51. The normalized spacial score (nSPS) is 19.1. The molecule has 2 N–H and O–H groups in total. The number of anilines is 1. The molecular formula is C18H21F3N4O2. The first-order chi connectivity index (χ1) is 12.8. The number of halogens is 3. The van der Waals surface area contributed by atoms with Crippen LogP contribution in [0, 0.1) is 0 Å². The summed E-state index contributed by atoms with van der Waals surface area (Å²) >= 11 is 0. The zero-order valence-corrected chi connectivity index (χ0v) is 15.0. The topological polar surface area (TPSA) is 68.2 Å². The third-order valence-corrected chi connectivity index (χ3v) is 4.51. The summed E-state index contributed by atoms with van der Waals surface area (Å²) in [6.45, 7) is 2.33. The summed E-state index contributed by atoms with van der Waals surface area (Å²) in [5, 5.41) is 9.58. The van der Waals surface area contributed by atoms with E-state index in [1.807, 2.05) is 6.92 Å². The van der Waals surface area contributed by atoms with Crippen molar-refractivity contribution < 1.29 is 22.7 Å². The Hall–Kier alpha value is -2.71. The number of alkyl halides is 3. The molecule has 6 nitrogen and oxygen atoms in total. The minimum atomic E-state index is -4.49. The summed E-state index contributed by atoms with van der Waals surface area (Å²) < 4.78 is 47.0. The molecule has 0 saturated heterocycles. The SMILES string of the molecule is CCCNC(=O)c1cnn2c1NC(c1cccc(OC)c1)CC2C(F)(F)F. The van der Waals surface area contributed by atoms with Crippen LogP contribution < -0.4 is 15.4 Å². The van der Waals surface area contributed by atoms with Gasteiger partial charge in [0.2, 0.25) is 0 Å². The maximum atomic E-state index is 13.7. The molecule has 0 saturated carbocycles. The van der Waals surface area contributed by atoms with E-state index in [1.165, 1.54) is 13.3 Å². The van der Waals surface area contributed by atoms with Crippen LogP contribution in [-0.4, -0.2) is 35.5 Å². The number of hydrogen-bond donors (Lipinski definition) is 2. The van der Waals surface area contributed by atoms with Gasteiger partial charge in [-0.15, -0.1) is 0 Å². The number of fused-ring (bicyclic) bond motifs is 1. The molecule has 1 amide bonds. The minimum absolute atomic E-state index is 0.0741. The number of amides is 1. The van der Waals surface area contributed by atoms with Crippen LogP contribution in [0.25, 0.3) is 0 Å². The molecule has 0 aliphatic carbocycles. The molecule has 146 valence electrons. The molecule has 2 heterocycles. The van der Waals surface area contributed by atoms with Gasteiger partial charge in [-0.25, -0.2) is 4.68 Å². The van der Waals surface area contributed by atoms with Gasteiger partial charge in [-0.3, -0.25) is 4.79 Å². The largest absolute Gasteiger partial charge is 0.497 e. The van der Waals surface area contributed by atoms with E-state index in [9.17, 15) is 18.0 Å². The summed E-state index contributed by atoms with van der Waals surface area (Å²) in [7, 11) is 1.50. The second-order valence-electron chi connectivity index (χ2n) is 6.37. The molecule has 1 aliphatic heterocycles. The van der Waals surface area contributed by atoms with Crippen molar-refractivity contribution >= 4 is 11.7 Å². The van der Waals surface area contributed by atoms with Crippen molar-refractivity contribution in [2.45, 2.75) is 38.0 Å². The van der Waals surface area contributed by atoms with Crippen molar-refractivity contribution in [1.82, 2.24) is 15.1 Å². The summed E-state index contributed by atoms with van der Waals surface area (Å²) in [4.78, 5) is 12.3. The lowest BCUT2D eigenvalue weighted by Gasteiger charge is -2.34. The lowest BCUT2D eigenvalue weighted by atomic mass is 9.96. The minimum Gasteiger partial charge on any atom is -0.497 e. The summed E-state index contributed by atoms with van der Waals surface area (Å²) in [5.41, 5.74) is 0.751. The van der Waals surface area contributed by atoms with Crippen LogP contribution in [0.3, 0.4) is 0 Å². The molecule has 0 spiro atoms. The van der Waals surface area contributed by atoms with Gasteiger partial charge in [-0.2, -0.15) is 18.3 Å². The van der Waals surface area contributed by atoms with E-state index in [4.69, 9.17) is 4.74 Å². The Kier molecular flexibility index (Phi) is 5.29. The van der Waals surface area contributed by atoms with E-state index in [1.54, 1.807) is 24.3 Å². The Balaban J connectivity index is 1.99. The van der Waals surface area contributed by atoms with Gasteiger partial charge in [0.15, 0.2) is 6.04 Å². The summed E-state index contributed by atoms with van der Waals surface area (Å²) in [6, 6.07) is 4.41. The van der Waals surface area contributed by atoms with Crippen LogP contribution in [0.5, 0.6) is 5.75 Å².